The SMILES string of the molecule is CCC(C)C(=O)N(P(=O)(O)O)P(=O)(O)O. The molecule has 0 aliphatic rings. The molecule has 90 valence electrons. The van der Waals surface area contributed by atoms with E-state index in [-0.39, 0.29) is 6.42 Å². The number of hydrogen-bond acceptors (Lipinski definition) is 3. The average molecular weight is 261 g/mol. The van der Waals surface area contributed by atoms with Crippen LogP contribution in [-0.2, 0) is 13.9 Å². The molecule has 0 rings (SSSR count). The summed E-state index contributed by atoms with van der Waals surface area (Å²) in [7, 11) is -10.6. The Morgan fingerprint density at radius 3 is 1.73 bits per heavy atom. The zero-order valence-electron chi connectivity index (χ0n) is 8.14. The van der Waals surface area contributed by atoms with Gasteiger partial charge in [0.05, 0.1) is 0 Å². The third-order valence-electron chi connectivity index (χ3n) is 1.72. The molecule has 1 atom stereocenters. The number of carbonyl (C=O) groups is 1. The first-order chi connectivity index (χ1) is 6.51. The highest BCUT2D eigenvalue weighted by Crippen LogP contribution is 2.58. The molecule has 10 heteroatoms. The smallest absolute Gasteiger partial charge is 0.308 e. The van der Waals surface area contributed by atoms with Crippen molar-refractivity contribution in [2.75, 3.05) is 0 Å². The molecule has 0 radical (unpaired) electrons. The van der Waals surface area contributed by atoms with E-state index in [0.29, 0.717) is 0 Å². The van der Waals surface area contributed by atoms with Crippen molar-refractivity contribution in [2.45, 2.75) is 20.3 Å². The molecular formula is C5H13NO7P2. The third kappa shape index (κ3) is 4.03. The van der Waals surface area contributed by atoms with Crippen molar-refractivity contribution in [1.82, 2.24) is 4.44 Å². The second-order valence-electron chi connectivity index (χ2n) is 2.96. The summed E-state index contributed by atoms with van der Waals surface area (Å²) < 4.78 is 20.8. The van der Waals surface area contributed by atoms with E-state index in [4.69, 9.17) is 19.6 Å². The number of hydrogen-bond donors (Lipinski definition) is 4. The fourth-order valence-corrected chi connectivity index (χ4v) is 2.90. The van der Waals surface area contributed by atoms with Crippen LogP contribution in [-0.4, -0.2) is 29.9 Å². The summed E-state index contributed by atoms with van der Waals surface area (Å²) in [6, 6.07) is 0. The second kappa shape index (κ2) is 4.74. The number of nitrogens with zero attached hydrogens (tertiary/aromatic N) is 1. The highest BCUT2D eigenvalue weighted by atomic mass is 31.3. The first-order valence-corrected chi connectivity index (χ1v) is 7.10. The Bertz CT molecular complexity index is 308. The topological polar surface area (TPSA) is 135 Å². The molecule has 0 heterocycles. The van der Waals surface area contributed by atoms with Crippen LogP contribution in [0.4, 0.5) is 0 Å². The van der Waals surface area contributed by atoms with E-state index in [1.54, 1.807) is 6.92 Å². The van der Waals surface area contributed by atoms with Crippen LogP contribution in [0.5, 0.6) is 0 Å². The zero-order chi connectivity index (χ0) is 12.4. The third-order valence-corrected chi connectivity index (χ3v) is 4.50. The highest BCUT2D eigenvalue weighted by molar-refractivity contribution is 7.66. The van der Waals surface area contributed by atoms with Gasteiger partial charge in [0.1, 0.15) is 0 Å². The summed E-state index contributed by atoms with van der Waals surface area (Å²) in [4.78, 5) is 45.9. The summed E-state index contributed by atoms with van der Waals surface area (Å²) in [5, 5.41) is 0. The van der Waals surface area contributed by atoms with Gasteiger partial charge in [-0.15, -0.1) is 0 Å². The lowest BCUT2D eigenvalue weighted by atomic mass is 10.1. The molecule has 0 saturated heterocycles. The van der Waals surface area contributed by atoms with Crippen molar-refractivity contribution in [1.29, 1.82) is 0 Å². The van der Waals surface area contributed by atoms with Crippen LogP contribution in [0.2, 0.25) is 0 Å². The van der Waals surface area contributed by atoms with Gasteiger partial charge in [-0.2, -0.15) is 4.44 Å². The van der Waals surface area contributed by atoms with E-state index in [1.807, 2.05) is 0 Å². The molecule has 4 N–H and O–H groups in total. The Labute approximate surface area is 86.3 Å². The Balaban J connectivity index is 5.26. The van der Waals surface area contributed by atoms with Crippen LogP contribution in [0.3, 0.4) is 0 Å². The second-order valence-corrected chi connectivity index (χ2v) is 6.13. The molecule has 0 bridgehead atoms. The first-order valence-electron chi connectivity index (χ1n) is 3.97. The zero-order valence-corrected chi connectivity index (χ0v) is 9.93. The molecule has 0 saturated carbocycles. The number of rotatable bonds is 4. The lowest BCUT2D eigenvalue weighted by Crippen LogP contribution is -2.29. The molecule has 0 spiro atoms. The summed E-state index contributed by atoms with van der Waals surface area (Å²) in [6.45, 7) is 2.88. The van der Waals surface area contributed by atoms with Gasteiger partial charge in [-0.05, 0) is 6.42 Å². The van der Waals surface area contributed by atoms with Crippen molar-refractivity contribution >= 4 is 21.4 Å². The largest absolute Gasteiger partial charge is 0.441 e. The molecule has 8 nitrogen and oxygen atoms in total. The van der Waals surface area contributed by atoms with Crippen LogP contribution in [0.1, 0.15) is 20.3 Å². The maximum atomic E-state index is 11.3. The molecule has 0 aliphatic carbocycles. The van der Waals surface area contributed by atoms with Crippen molar-refractivity contribution in [2.24, 2.45) is 5.92 Å². The van der Waals surface area contributed by atoms with Crippen LogP contribution in [0.25, 0.3) is 0 Å². The molecule has 0 aromatic carbocycles. The molecule has 0 fully saturated rings. The maximum Gasteiger partial charge on any atom is 0.441 e. The van der Waals surface area contributed by atoms with Crippen molar-refractivity contribution in [3.05, 3.63) is 0 Å². The molecule has 0 aromatic heterocycles. The summed E-state index contributed by atoms with van der Waals surface area (Å²) in [6.07, 6.45) is 0.218. The molecule has 1 amide bonds. The lowest BCUT2D eigenvalue weighted by molar-refractivity contribution is -0.128. The van der Waals surface area contributed by atoms with Crippen molar-refractivity contribution in [3.8, 4) is 0 Å². The Kier molecular flexibility index (Phi) is 4.67. The van der Waals surface area contributed by atoms with Gasteiger partial charge < -0.3 is 19.6 Å². The van der Waals surface area contributed by atoms with Crippen molar-refractivity contribution < 1.29 is 33.5 Å². The van der Waals surface area contributed by atoms with Crippen LogP contribution >= 0.6 is 15.5 Å². The minimum absolute atomic E-state index is 0.218. The van der Waals surface area contributed by atoms with Gasteiger partial charge in [0.15, 0.2) is 0 Å². The fourth-order valence-electron chi connectivity index (χ4n) is 0.780. The molecule has 1 unspecified atom stereocenters. The maximum absolute atomic E-state index is 11.3. The normalized spacial score (nSPS) is 14.8. The minimum Gasteiger partial charge on any atom is -0.308 e. The van der Waals surface area contributed by atoms with E-state index in [9.17, 15) is 13.9 Å². The molecule has 0 aromatic rings. The van der Waals surface area contributed by atoms with E-state index in [2.05, 4.69) is 0 Å². The molecule has 15 heavy (non-hydrogen) atoms. The summed E-state index contributed by atoms with van der Waals surface area (Å²) >= 11 is 0. The van der Waals surface area contributed by atoms with Gasteiger partial charge in [0.25, 0.3) is 0 Å². The average Bonchev–Trinajstić information content (AvgIpc) is 1.97. The van der Waals surface area contributed by atoms with E-state index in [0.717, 1.165) is 0 Å². The summed E-state index contributed by atoms with van der Waals surface area (Å²) in [5.41, 5.74) is 0. The number of amides is 1. The fraction of sp³-hybridized carbons (Fsp3) is 0.800. The molecule has 0 aliphatic heterocycles. The predicted molar refractivity (Wildman–Crippen MR) is 50.4 cm³/mol. The quantitative estimate of drug-likeness (QED) is 0.525. The van der Waals surface area contributed by atoms with E-state index < -0.39 is 31.8 Å². The standard InChI is InChI=1S/C5H13NO7P2/c1-3-4(2)5(7)6(14(8,9)10)15(11,12)13/h4H,3H2,1-2H3,(H2,8,9,10)(H2,11,12,13). The minimum atomic E-state index is -5.30. The van der Waals surface area contributed by atoms with Gasteiger partial charge in [-0.3, -0.25) is 4.79 Å². The Hall–Kier alpha value is -0.230. The predicted octanol–water partition coefficient (Wildman–Crippen LogP) is 0.0465. The van der Waals surface area contributed by atoms with E-state index in [1.165, 1.54) is 6.92 Å². The first kappa shape index (κ1) is 14.8. The number of carbonyl (C=O) groups excluding carboxylic acids is 1. The van der Waals surface area contributed by atoms with Gasteiger partial charge in [-0.1, -0.05) is 13.8 Å². The van der Waals surface area contributed by atoms with Gasteiger partial charge in [-0.25, -0.2) is 9.13 Å². The van der Waals surface area contributed by atoms with Gasteiger partial charge in [0, 0.05) is 5.92 Å². The van der Waals surface area contributed by atoms with Crippen LogP contribution in [0.15, 0.2) is 0 Å². The van der Waals surface area contributed by atoms with Crippen LogP contribution in [0, 0.1) is 5.92 Å². The van der Waals surface area contributed by atoms with Gasteiger partial charge >= 0.3 is 15.5 Å². The molecular weight excluding hydrogens is 248 g/mol. The Morgan fingerprint density at radius 2 is 1.53 bits per heavy atom. The summed E-state index contributed by atoms with van der Waals surface area (Å²) in [5.74, 6) is -2.13. The van der Waals surface area contributed by atoms with Gasteiger partial charge in [0.2, 0.25) is 5.91 Å². The van der Waals surface area contributed by atoms with Crippen molar-refractivity contribution in [3.63, 3.8) is 0 Å². The van der Waals surface area contributed by atoms with E-state index >= 15 is 0 Å². The monoisotopic (exact) mass is 261 g/mol. The lowest BCUT2D eigenvalue weighted by Gasteiger charge is -2.25. The van der Waals surface area contributed by atoms with Crippen LogP contribution < -0.4 is 0 Å². The highest BCUT2D eigenvalue weighted by Gasteiger charge is 2.44. The Morgan fingerprint density at radius 1 is 1.20 bits per heavy atom.